The molecule has 160 valence electrons. The van der Waals surface area contributed by atoms with Gasteiger partial charge in [-0.25, -0.2) is 9.97 Å². The van der Waals surface area contributed by atoms with E-state index in [2.05, 4.69) is 24.9 Å². The molecular weight excluding hydrogens is 405 g/mol. The van der Waals surface area contributed by atoms with Crippen LogP contribution in [0.3, 0.4) is 0 Å². The Hall–Kier alpha value is -2.80. The molecule has 1 spiro atoms. The summed E-state index contributed by atoms with van der Waals surface area (Å²) >= 11 is 0. The number of nitrogens with zero attached hydrogens (tertiary/aromatic N) is 7. The average molecular weight is 424 g/mol. The van der Waals surface area contributed by atoms with Crippen LogP contribution in [0.5, 0.6) is 0 Å². The fraction of sp³-hybridized carbons (Fsp3) is 0.588. The molecule has 30 heavy (non-hydrogen) atoms. The van der Waals surface area contributed by atoms with E-state index in [1.54, 1.807) is 0 Å². The summed E-state index contributed by atoms with van der Waals surface area (Å²) in [7, 11) is 0. The van der Waals surface area contributed by atoms with Crippen LogP contribution in [0.25, 0.3) is 11.4 Å². The Morgan fingerprint density at radius 2 is 1.60 bits per heavy atom. The predicted molar refractivity (Wildman–Crippen MR) is 98.8 cm³/mol. The van der Waals surface area contributed by atoms with Gasteiger partial charge < -0.3 is 25.0 Å². The van der Waals surface area contributed by atoms with Crippen molar-refractivity contribution >= 4 is 17.8 Å². The van der Waals surface area contributed by atoms with Crippen molar-refractivity contribution in [2.24, 2.45) is 5.41 Å². The fourth-order valence-electron chi connectivity index (χ4n) is 3.77. The second kappa shape index (κ2) is 6.87. The molecule has 2 aromatic rings. The molecule has 5 rings (SSSR count). The lowest BCUT2D eigenvalue weighted by molar-refractivity contribution is -0.140. The van der Waals surface area contributed by atoms with Gasteiger partial charge in [-0.1, -0.05) is 0 Å². The first-order chi connectivity index (χ1) is 14.3. The third-order valence-corrected chi connectivity index (χ3v) is 5.37. The smallest absolute Gasteiger partial charge is 0.380 e. The molecule has 0 amide bonds. The largest absolute Gasteiger partial charge is 0.434 e. The summed E-state index contributed by atoms with van der Waals surface area (Å²) in [5, 5.41) is 0. The van der Waals surface area contributed by atoms with Crippen molar-refractivity contribution in [3.05, 3.63) is 11.9 Å². The summed E-state index contributed by atoms with van der Waals surface area (Å²) < 4.78 is 51.4. The zero-order valence-electron chi connectivity index (χ0n) is 15.9. The van der Waals surface area contributed by atoms with Crippen molar-refractivity contribution in [1.82, 2.24) is 24.9 Å². The van der Waals surface area contributed by atoms with Gasteiger partial charge >= 0.3 is 6.18 Å². The summed E-state index contributed by atoms with van der Waals surface area (Å²) in [4.78, 5) is 24.1. The third kappa shape index (κ3) is 3.37. The standard InChI is InChI=1S/C17H19F3N8O2/c18-17(19,20)11-10(5-22-13(21)23-11)12-24-14(27-1-3-29-4-2-27)26-15(25-12)28-6-16(7-28)8-30-9-16/h5H,1-4,6-9H2,(H2,21,22,23). The number of ether oxygens (including phenoxy) is 2. The van der Waals surface area contributed by atoms with E-state index in [9.17, 15) is 13.2 Å². The van der Waals surface area contributed by atoms with Gasteiger partial charge in [-0.2, -0.15) is 28.1 Å². The fourth-order valence-corrected chi connectivity index (χ4v) is 3.77. The zero-order valence-corrected chi connectivity index (χ0v) is 15.9. The Bertz CT molecular complexity index is 955. The lowest BCUT2D eigenvalue weighted by Gasteiger charge is -2.54. The molecule has 5 heterocycles. The molecule has 10 nitrogen and oxygen atoms in total. The molecule has 0 saturated carbocycles. The Kier molecular flexibility index (Phi) is 4.39. The van der Waals surface area contributed by atoms with Gasteiger partial charge in [-0.15, -0.1) is 0 Å². The molecular formula is C17H19F3N8O2. The number of rotatable bonds is 3. The highest BCUT2D eigenvalue weighted by atomic mass is 19.4. The highest BCUT2D eigenvalue weighted by Gasteiger charge is 2.50. The van der Waals surface area contributed by atoms with Gasteiger partial charge in [0.15, 0.2) is 11.5 Å². The van der Waals surface area contributed by atoms with Crippen LogP contribution >= 0.6 is 0 Å². The van der Waals surface area contributed by atoms with Crippen LogP contribution in [0.2, 0.25) is 0 Å². The molecule has 3 fully saturated rings. The molecule has 13 heteroatoms. The maximum atomic E-state index is 13.6. The van der Waals surface area contributed by atoms with Crippen molar-refractivity contribution < 1.29 is 22.6 Å². The van der Waals surface area contributed by atoms with E-state index in [1.807, 2.05) is 9.80 Å². The molecule has 0 unspecified atom stereocenters. The van der Waals surface area contributed by atoms with Gasteiger partial charge in [0.25, 0.3) is 0 Å². The van der Waals surface area contributed by atoms with E-state index < -0.39 is 17.8 Å². The van der Waals surface area contributed by atoms with Gasteiger partial charge in [-0.05, 0) is 0 Å². The van der Waals surface area contributed by atoms with Crippen LogP contribution in [0, 0.1) is 5.41 Å². The normalized spacial score (nSPS) is 20.8. The number of hydrogen-bond donors (Lipinski definition) is 1. The maximum absolute atomic E-state index is 13.6. The Labute approximate surface area is 169 Å². The summed E-state index contributed by atoms with van der Waals surface area (Å²) in [5.74, 6) is 0.0149. The van der Waals surface area contributed by atoms with Gasteiger partial charge in [0.1, 0.15) is 0 Å². The number of halogens is 3. The van der Waals surface area contributed by atoms with Gasteiger partial charge in [0.05, 0.1) is 37.4 Å². The predicted octanol–water partition coefficient (Wildman–Crippen LogP) is 0.603. The molecule has 3 aliphatic heterocycles. The average Bonchev–Trinajstić information content (AvgIpc) is 2.65. The van der Waals surface area contributed by atoms with Crippen LogP contribution in [-0.2, 0) is 15.7 Å². The number of hydrogen-bond acceptors (Lipinski definition) is 10. The molecule has 0 atom stereocenters. The van der Waals surface area contributed by atoms with Crippen LogP contribution in [0.1, 0.15) is 5.69 Å². The zero-order chi connectivity index (χ0) is 20.9. The number of nitrogen functional groups attached to an aromatic ring is 1. The molecule has 2 N–H and O–H groups in total. The molecule has 3 saturated heterocycles. The van der Waals surface area contributed by atoms with E-state index >= 15 is 0 Å². The Morgan fingerprint density at radius 3 is 2.20 bits per heavy atom. The van der Waals surface area contributed by atoms with Gasteiger partial charge in [-0.3, -0.25) is 0 Å². The first kappa shape index (κ1) is 19.2. The summed E-state index contributed by atoms with van der Waals surface area (Å²) in [5.41, 5.74) is 3.97. The van der Waals surface area contributed by atoms with Crippen molar-refractivity contribution in [2.75, 3.05) is 68.1 Å². The van der Waals surface area contributed by atoms with Crippen LogP contribution in [0.4, 0.5) is 31.0 Å². The number of aromatic nitrogens is 5. The minimum absolute atomic E-state index is 0.0906. The lowest BCUT2D eigenvalue weighted by Crippen LogP contribution is -2.66. The van der Waals surface area contributed by atoms with Crippen molar-refractivity contribution in [1.29, 1.82) is 0 Å². The van der Waals surface area contributed by atoms with Crippen LogP contribution < -0.4 is 15.5 Å². The second-order valence-electron chi connectivity index (χ2n) is 7.70. The van der Waals surface area contributed by atoms with Gasteiger partial charge in [0, 0.05) is 32.4 Å². The monoisotopic (exact) mass is 424 g/mol. The lowest BCUT2D eigenvalue weighted by atomic mass is 9.78. The maximum Gasteiger partial charge on any atom is 0.434 e. The van der Waals surface area contributed by atoms with Crippen LogP contribution in [-0.4, -0.2) is 77.5 Å². The van der Waals surface area contributed by atoms with E-state index in [0.29, 0.717) is 64.5 Å². The first-order valence-electron chi connectivity index (χ1n) is 9.45. The topological polar surface area (TPSA) is 115 Å². The van der Waals surface area contributed by atoms with E-state index in [0.717, 1.165) is 6.20 Å². The summed E-state index contributed by atoms with van der Waals surface area (Å²) in [6.07, 6.45) is -3.73. The van der Waals surface area contributed by atoms with Crippen molar-refractivity contribution in [3.63, 3.8) is 0 Å². The minimum Gasteiger partial charge on any atom is -0.380 e. The Morgan fingerprint density at radius 1 is 0.933 bits per heavy atom. The second-order valence-corrected chi connectivity index (χ2v) is 7.70. The van der Waals surface area contributed by atoms with E-state index in [1.165, 1.54) is 0 Å². The van der Waals surface area contributed by atoms with Gasteiger partial charge in [0.2, 0.25) is 17.8 Å². The Balaban J connectivity index is 1.57. The molecule has 0 aromatic carbocycles. The number of morpholine rings is 1. The highest BCUT2D eigenvalue weighted by molar-refractivity contribution is 5.62. The molecule has 0 bridgehead atoms. The summed E-state index contributed by atoms with van der Waals surface area (Å²) in [6.45, 7) is 4.74. The molecule has 3 aliphatic rings. The SMILES string of the molecule is Nc1ncc(-c2nc(N3CCOCC3)nc(N3CC4(COC4)C3)n2)c(C(F)(F)F)n1. The van der Waals surface area contributed by atoms with Crippen LogP contribution in [0.15, 0.2) is 6.20 Å². The molecule has 0 aliphatic carbocycles. The molecule has 2 aromatic heterocycles. The molecule has 0 radical (unpaired) electrons. The third-order valence-electron chi connectivity index (χ3n) is 5.37. The van der Waals surface area contributed by atoms with E-state index in [-0.39, 0.29) is 16.8 Å². The summed E-state index contributed by atoms with van der Waals surface area (Å²) in [6, 6.07) is 0. The highest BCUT2D eigenvalue weighted by Crippen LogP contribution is 2.40. The first-order valence-corrected chi connectivity index (χ1v) is 9.45. The number of alkyl halides is 3. The number of anilines is 3. The quantitative estimate of drug-likeness (QED) is 0.751. The van der Waals surface area contributed by atoms with Crippen molar-refractivity contribution in [2.45, 2.75) is 6.18 Å². The van der Waals surface area contributed by atoms with Crippen molar-refractivity contribution in [3.8, 4) is 11.4 Å². The van der Waals surface area contributed by atoms with E-state index in [4.69, 9.17) is 15.2 Å². The minimum atomic E-state index is -4.73. The number of nitrogens with two attached hydrogens (primary N) is 1.